The molecule has 0 aliphatic heterocycles. The van der Waals surface area contributed by atoms with E-state index in [0.29, 0.717) is 12.0 Å². The molecule has 0 saturated heterocycles. The first-order valence-electron chi connectivity index (χ1n) is 6.93. The Labute approximate surface area is 113 Å². The molecule has 0 spiro atoms. The minimum absolute atomic E-state index is 0.524. The molecule has 0 heterocycles. The molecule has 18 heavy (non-hydrogen) atoms. The lowest BCUT2D eigenvalue weighted by Crippen LogP contribution is -2.27. The lowest BCUT2D eigenvalue weighted by Gasteiger charge is -2.20. The lowest BCUT2D eigenvalue weighted by molar-refractivity contribution is 0.463. The Morgan fingerprint density at radius 2 is 2.11 bits per heavy atom. The average molecular weight is 247 g/mol. The fraction of sp³-hybridized carbons (Fsp3) is 0.588. The van der Waals surface area contributed by atoms with Crippen LogP contribution in [0.1, 0.15) is 47.0 Å². The van der Waals surface area contributed by atoms with Gasteiger partial charge in [-0.2, -0.15) is 0 Å². The molecule has 0 radical (unpaired) electrons. The van der Waals surface area contributed by atoms with E-state index >= 15 is 0 Å². The van der Waals surface area contributed by atoms with Gasteiger partial charge in [0.05, 0.1) is 0 Å². The van der Waals surface area contributed by atoms with Crippen LogP contribution >= 0.6 is 0 Å². The topological polar surface area (TPSA) is 12.0 Å². The molecule has 0 amide bonds. The van der Waals surface area contributed by atoms with Crippen LogP contribution in [0.15, 0.2) is 41.7 Å². The van der Waals surface area contributed by atoms with Crippen molar-refractivity contribution in [1.82, 2.24) is 5.32 Å². The Hall–Kier alpha value is -1.04. The maximum absolute atomic E-state index is 3.64. The van der Waals surface area contributed by atoms with Gasteiger partial charge in [-0.15, -0.1) is 5.73 Å². The van der Waals surface area contributed by atoms with Crippen molar-refractivity contribution >= 4 is 0 Å². The fourth-order valence-electron chi connectivity index (χ4n) is 2.29. The summed E-state index contributed by atoms with van der Waals surface area (Å²) in [6.07, 6.45) is 9.75. The second-order valence-electron chi connectivity index (χ2n) is 4.93. The van der Waals surface area contributed by atoms with Crippen LogP contribution in [0, 0.1) is 5.92 Å². The third-order valence-electron chi connectivity index (χ3n) is 3.32. The number of hydrogen-bond acceptors (Lipinski definition) is 1. The van der Waals surface area contributed by atoms with E-state index in [9.17, 15) is 0 Å². The first-order valence-corrected chi connectivity index (χ1v) is 6.93. The van der Waals surface area contributed by atoms with E-state index < -0.39 is 0 Å². The van der Waals surface area contributed by atoms with Gasteiger partial charge in [0.2, 0.25) is 0 Å². The average Bonchev–Trinajstić information content (AvgIpc) is 2.35. The van der Waals surface area contributed by atoms with Crippen LogP contribution in [0.3, 0.4) is 0 Å². The van der Waals surface area contributed by atoms with Gasteiger partial charge in [-0.05, 0) is 57.7 Å². The molecule has 0 aromatic heterocycles. The number of nitrogens with one attached hydrogen (secondary N) is 1. The fourth-order valence-corrected chi connectivity index (χ4v) is 2.29. The summed E-state index contributed by atoms with van der Waals surface area (Å²) in [4.78, 5) is 0. The van der Waals surface area contributed by atoms with E-state index in [1.807, 2.05) is 7.05 Å². The first kappa shape index (κ1) is 17.0. The van der Waals surface area contributed by atoms with E-state index in [0.717, 1.165) is 19.3 Å². The maximum Gasteiger partial charge on any atom is 0.0107 e. The minimum Gasteiger partial charge on any atom is -0.317 e. The van der Waals surface area contributed by atoms with Crippen molar-refractivity contribution in [1.29, 1.82) is 0 Å². The summed E-state index contributed by atoms with van der Waals surface area (Å²) in [7, 11) is 2.05. The zero-order valence-electron chi connectivity index (χ0n) is 12.7. The van der Waals surface area contributed by atoms with Gasteiger partial charge in [-0.1, -0.05) is 38.2 Å². The predicted molar refractivity (Wildman–Crippen MR) is 82.8 cm³/mol. The zero-order chi connectivity index (χ0) is 14.0. The normalized spacial score (nSPS) is 16.1. The summed E-state index contributed by atoms with van der Waals surface area (Å²) in [5.41, 5.74) is 5.83. The smallest absolute Gasteiger partial charge is 0.0107 e. The molecule has 0 bridgehead atoms. The molecule has 0 aromatic carbocycles. The van der Waals surface area contributed by atoms with Crippen molar-refractivity contribution in [3.8, 4) is 0 Å². The van der Waals surface area contributed by atoms with Crippen LogP contribution in [0.25, 0.3) is 0 Å². The Bertz CT molecular complexity index is 330. The lowest BCUT2D eigenvalue weighted by atomic mass is 9.94. The molecule has 1 heteroatoms. The van der Waals surface area contributed by atoms with Gasteiger partial charge in [-0.25, -0.2) is 0 Å². The Kier molecular flexibility index (Phi) is 9.36. The molecule has 0 saturated carbocycles. The van der Waals surface area contributed by atoms with Crippen molar-refractivity contribution < 1.29 is 0 Å². The largest absolute Gasteiger partial charge is 0.317 e. The van der Waals surface area contributed by atoms with Gasteiger partial charge in [0.1, 0.15) is 0 Å². The third kappa shape index (κ3) is 6.64. The molecule has 0 aliphatic carbocycles. The zero-order valence-corrected chi connectivity index (χ0v) is 12.7. The maximum atomic E-state index is 3.64. The van der Waals surface area contributed by atoms with E-state index in [-0.39, 0.29) is 0 Å². The monoisotopic (exact) mass is 247 g/mol. The molecule has 2 atom stereocenters. The van der Waals surface area contributed by atoms with Gasteiger partial charge in [0, 0.05) is 6.04 Å². The van der Waals surface area contributed by atoms with E-state index in [1.165, 1.54) is 11.1 Å². The van der Waals surface area contributed by atoms with Gasteiger partial charge >= 0.3 is 0 Å². The number of hydrogen-bond donors (Lipinski definition) is 1. The Balaban J connectivity index is 4.65. The highest BCUT2D eigenvalue weighted by atomic mass is 14.9. The van der Waals surface area contributed by atoms with Crippen molar-refractivity contribution in [2.45, 2.75) is 53.0 Å². The van der Waals surface area contributed by atoms with Gasteiger partial charge in [0.15, 0.2) is 0 Å². The predicted octanol–water partition coefficient (Wildman–Crippen LogP) is 4.63. The van der Waals surface area contributed by atoms with Gasteiger partial charge in [-0.3, -0.25) is 0 Å². The quantitative estimate of drug-likeness (QED) is 0.487. The van der Waals surface area contributed by atoms with Crippen molar-refractivity contribution in [3.63, 3.8) is 0 Å². The van der Waals surface area contributed by atoms with E-state index in [1.54, 1.807) is 0 Å². The SMILES string of the molecule is C=C=C[C@@H](C)CC(C/C(C)=C(/C=C/C)CC)NC. The number of rotatable bonds is 8. The summed E-state index contributed by atoms with van der Waals surface area (Å²) in [5.74, 6) is 0.527. The molecule has 0 fully saturated rings. The summed E-state index contributed by atoms with van der Waals surface area (Å²) >= 11 is 0. The molecule has 102 valence electrons. The Morgan fingerprint density at radius 3 is 2.56 bits per heavy atom. The second kappa shape index (κ2) is 9.94. The van der Waals surface area contributed by atoms with Crippen LogP contribution in [-0.4, -0.2) is 13.1 Å². The third-order valence-corrected chi connectivity index (χ3v) is 3.32. The van der Waals surface area contributed by atoms with Crippen LogP contribution in [0.2, 0.25) is 0 Å². The van der Waals surface area contributed by atoms with Crippen LogP contribution in [0.5, 0.6) is 0 Å². The van der Waals surface area contributed by atoms with E-state index in [4.69, 9.17) is 0 Å². The van der Waals surface area contributed by atoms with Crippen molar-refractivity contribution in [3.05, 3.63) is 41.7 Å². The minimum atomic E-state index is 0.524. The second-order valence-corrected chi connectivity index (χ2v) is 4.93. The molecule has 0 aliphatic rings. The molecule has 0 aromatic rings. The molecule has 1 unspecified atom stereocenters. The summed E-state index contributed by atoms with van der Waals surface area (Å²) < 4.78 is 0. The molecular weight excluding hydrogens is 218 g/mol. The summed E-state index contributed by atoms with van der Waals surface area (Å²) in [5, 5.41) is 3.42. The highest BCUT2D eigenvalue weighted by Gasteiger charge is 2.11. The standard InChI is InChI=1S/C17H29N/c1-7-10-14(4)12-17(18-6)13-15(5)16(9-3)11-8-2/h8,10-11,14,17-18H,1,9,12-13H2,2-6H3/b11-8+,16-15+/t14-,17?/m1/s1. The Morgan fingerprint density at radius 1 is 1.44 bits per heavy atom. The number of allylic oxidation sites excluding steroid dienone is 4. The van der Waals surface area contributed by atoms with Crippen LogP contribution < -0.4 is 5.32 Å². The highest BCUT2D eigenvalue weighted by molar-refractivity contribution is 5.24. The van der Waals surface area contributed by atoms with E-state index in [2.05, 4.69) is 63.5 Å². The van der Waals surface area contributed by atoms with Crippen molar-refractivity contribution in [2.24, 2.45) is 5.92 Å². The highest BCUT2D eigenvalue weighted by Crippen LogP contribution is 2.19. The molecule has 1 nitrogen and oxygen atoms in total. The van der Waals surface area contributed by atoms with Gasteiger partial charge in [0.25, 0.3) is 0 Å². The van der Waals surface area contributed by atoms with Crippen LogP contribution in [0.4, 0.5) is 0 Å². The molecule has 0 rings (SSSR count). The molecule has 1 N–H and O–H groups in total. The summed E-state index contributed by atoms with van der Waals surface area (Å²) in [6, 6.07) is 0.524. The van der Waals surface area contributed by atoms with Crippen LogP contribution in [-0.2, 0) is 0 Å². The summed E-state index contributed by atoms with van der Waals surface area (Å²) in [6.45, 7) is 12.4. The van der Waals surface area contributed by atoms with Crippen molar-refractivity contribution in [2.75, 3.05) is 7.05 Å². The van der Waals surface area contributed by atoms with Gasteiger partial charge < -0.3 is 5.32 Å². The molecular formula is C17H29N. The first-order chi connectivity index (χ1) is 8.58.